The summed E-state index contributed by atoms with van der Waals surface area (Å²) in [7, 11) is 0. The van der Waals surface area contributed by atoms with Crippen LogP contribution in [0.1, 0.15) is 101 Å². The van der Waals surface area contributed by atoms with Crippen molar-refractivity contribution in [2.45, 2.75) is 99.3 Å². The molecule has 6 heteroatoms. The molecule has 0 aliphatic carbocycles. The summed E-state index contributed by atoms with van der Waals surface area (Å²) < 4.78 is 11.1. The molecule has 0 amide bonds. The summed E-state index contributed by atoms with van der Waals surface area (Å²) >= 11 is 0. The summed E-state index contributed by atoms with van der Waals surface area (Å²) in [4.78, 5) is 4.84. The van der Waals surface area contributed by atoms with Crippen LogP contribution in [-0.2, 0) is 52.5 Å². The molecule has 7 rings (SSSR count). The molecule has 0 aliphatic rings. The van der Waals surface area contributed by atoms with Crippen LogP contribution in [0.2, 0.25) is 0 Å². The average molecular weight is 793 g/mol. The van der Waals surface area contributed by atoms with E-state index in [0.717, 1.165) is 78.6 Å². The van der Waals surface area contributed by atoms with Gasteiger partial charge < -0.3 is 9.30 Å². The van der Waals surface area contributed by atoms with Crippen molar-refractivity contribution < 1.29 is 25.2 Å². The molecule has 0 bridgehead atoms. The number of rotatable bonds is 13. The third-order valence-corrected chi connectivity index (χ3v) is 10.4. The number of ether oxygens (including phenoxy) is 1. The molecule has 0 aliphatic heterocycles. The van der Waals surface area contributed by atoms with Gasteiger partial charge in [0.05, 0.1) is 5.69 Å². The summed E-state index contributed by atoms with van der Waals surface area (Å²) in [6.07, 6.45) is 8.93. The van der Waals surface area contributed by atoms with Gasteiger partial charge in [0.2, 0.25) is 0 Å². The van der Waals surface area contributed by atoms with E-state index in [4.69, 9.17) is 14.8 Å². The Morgan fingerprint density at radius 2 is 1.51 bits per heavy atom. The van der Waals surface area contributed by atoms with Gasteiger partial charge in [0.15, 0.2) is 0 Å². The monoisotopic (exact) mass is 792 g/mol. The van der Waals surface area contributed by atoms with Crippen LogP contribution >= 0.6 is 0 Å². The zero-order valence-corrected chi connectivity index (χ0v) is 33.7. The second-order valence-corrected chi connectivity index (χ2v) is 14.0. The predicted octanol–water partition coefficient (Wildman–Crippen LogP) is 12.1. The van der Waals surface area contributed by atoms with Gasteiger partial charge in [-0.15, -0.1) is 41.3 Å². The Morgan fingerprint density at radius 1 is 0.736 bits per heavy atom. The Labute approximate surface area is 329 Å². The number of benzene rings is 4. The minimum absolute atomic E-state index is 0. The maximum Gasteiger partial charge on any atom is 2.00 e. The molecule has 0 atom stereocenters. The average Bonchev–Trinajstić information content (AvgIpc) is 3.71. The van der Waals surface area contributed by atoms with Crippen molar-refractivity contribution in [2.75, 3.05) is 0 Å². The third kappa shape index (κ3) is 7.37. The molecule has 0 saturated carbocycles. The first-order chi connectivity index (χ1) is 25.4. The Balaban J connectivity index is 0.00000481. The van der Waals surface area contributed by atoms with E-state index in [1.54, 1.807) is 0 Å². The molecule has 4 aromatic carbocycles. The maximum atomic E-state index is 6.71. The van der Waals surface area contributed by atoms with E-state index in [1.165, 1.54) is 44.5 Å². The van der Waals surface area contributed by atoms with Gasteiger partial charge in [-0.1, -0.05) is 96.8 Å². The van der Waals surface area contributed by atoms with Crippen molar-refractivity contribution >= 4 is 21.8 Å². The number of pyridine rings is 1. The molecule has 5 nitrogen and oxygen atoms in total. The van der Waals surface area contributed by atoms with E-state index in [9.17, 15) is 0 Å². The molecular formula is C47H50N4OPd. The maximum absolute atomic E-state index is 6.71. The smallest absolute Gasteiger partial charge is 0.509 e. The zero-order chi connectivity index (χ0) is 36.4. The minimum Gasteiger partial charge on any atom is -0.509 e. The Morgan fingerprint density at radius 3 is 2.21 bits per heavy atom. The Hall–Kier alpha value is -4.50. The van der Waals surface area contributed by atoms with Gasteiger partial charge in [-0.25, -0.2) is 4.98 Å². The SMILES string of the molecule is CCCCc1ccnc(-n2c3[c-]c(Oc4[c-]c(-n5nc(CC)c(-c6c(CC)cccc6CC)c5CC)cc(C(C)C)c4)ccc3c3ccccc32)c1.[Pd+2]. The van der Waals surface area contributed by atoms with Crippen LogP contribution in [-0.4, -0.2) is 19.3 Å². The molecule has 0 spiro atoms. The Bertz CT molecular complexity index is 2340. The van der Waals surface area contributed by atoms with Crippen molar-refractivity contribution in [3.05, 3.63) is 131 Å². The van der Waals surface area contributed by atoms with Crippen LogP contribution in [0, 0.1) is 12.1 Å². The normalized spacial score (nSPS) is 11.5. The van der Waals surface area contributed by atoms with E-state index in [1.807, 2.05) is 12.3 Å². The fraction of sp³-hybridized carbons (Fsp3) is 0.319. The molecular weight excluding hydrogens is 743 g/mol. The van der Waals surface area contributed by atoms with Crippen molar-refractivity contribution in [1.29, 1.82) is 0 Å². The fourth-order valence-corrected chi connectivity index (χ4v) is 7.59. The molecule has 0 N–H and O–H groups in total. The van der Waals surface area contributed by atoms with E-state index in [0.29, 0.717) is 11.5 Å². The molecule has 3 heterocycles. The molecule has 274 valence electrons. The molecule has 53 heavy (non-hydrogen) atoms. The number of aryl methyl sites for hydroxylation is 4. The van der Waals surface area contributed by atoms with Gasteiger partial charge in [-0.2, -0.15) is 11.2 Å². The third-order valence-electron chi connectivity index (χ3n) is 10.4. The van der Waals surface area contributed by atoms with Gasteiger partial charge in [-0.3, -0.25) is 4.68 Å². The van der Waals surface area contributed by atoms with E-state index < -0.39 is 0 Å². The van der Waals surface area contributed by atoms with Gasteiger partial charge in [0.25, 0.3) is 0 Å². The standard InChI is InChI=1S/C47H50N4O.Pd/c1-8-13-17-32-24-25-48-45(26-32)50-43-21-15-14-20-39(43)40-23-22-37(30-44(40)50)52-38-28-35(31(6)7)27-36(29-38)51-42(12-5)47(41(11-4)49-51)46-33(9-2)18-16-19-34(46)10-3;/h14-16,18-28,31H,8-13,17H2,1-7H3;/q-2;+2. The number of unbranched alkanes of at least 4 members (excludes halogenated alkanes) is 1. The van der Waals surface area contributed by atoms with Gasteiger partial charge in [-0.05, 0) is 96.0 Å². The molecule has 0 fully saturated rings. The number of nitrogens with zero attached hydrogens (tertiary/aromatic N) is 4. The van der Waals surface area contributed by atoms with Crippen molar-refractivity contribution in [2.24, 2.45) is 0 Å². The van der Waals surface area contributed by atoms with Crippen LogP contribution in [0.15, 0.2) is 85.1 Å². The van der Waals surface area contributed by atoms with Gasteiger partial charge in [0, 0.05) is 34.5 Å². The number of para-hydroxylation sites is 1. The molecule has 0 unspecified atom stereocenters. The van der Waals surface area contributed by atoms with Gasteiger partial charge >= 0.3 is 20.4 Å². The summed E-state index contributed by atoms with van der Waals surface area (Å²) in [5.74, 6) is 2.47. The molecule has 7 aromatic rings. The largest absolute Gasteiger partial charge is 2.00 e. The first-order valence-electron chi connectivity index (χ1n) is 19.3. The van der Waals surface area contributed by atoms with Crippen LogP contribution in [0.3, 0.4) is 0 Å². The van der Waals surface area contributed by atoms with Crippen LogP contribution < -0.4 is 4.74 Å². The number of fused-ring (bicyclic) bond motifs is 3. The number of aromatic nitrogens is 4. The zero-order valence-electron chi connectivity index (χ0n) is 32.1. The van der Waals surface area contributed by atoms with Gasteiger partial charge in [0.1, 0.15) is 5.82 Å². The van der Waals surface area contributed by atoms with Crippen LogP contribution in [0.25, 0.3) is 44.4 Å². The first-order valence-corrected chi connectivity index (χ1v) is 19.3. The van der Waals surface area contributed by atoms with E-state index >= 15 is 0 Å². The van der Waals surface area contributed by atoms with Crippen molar-refractivity contribution in [3.63, 3.8) is 0 Å². The molecule has 3 aromatic heterocycles. The number of hydrogen-bond donors (Lipinski definition) is 0. The summed E-state index contributed by atoms with van der Waals surface area (Å²) in [5, 5.41) is 7.58. The minimum atomic E-state index is 0. The van der Waals surface area contributed by atoms with Crippen LogP contribution in [0.5, 0.6) is 11.5 Å². The van der Waals surface area contributed by atoms with E-state index in [-0.39, 0.29) is 26.3 Å². The quantitative estimate of drug-likeness (QED) is 0.0863. The summed E-state index contributed by atoms with van der Waals surface area (Å²) in [5.41, 5.74) is 13.1. The second-order valence-electron chi connectivity index (χ2n) is 14.0. The number of hydrogen-bond acceptors (Lipinski definition) is 3. The molecule has 0 radical (unpaired) electrons. The molecule has 0 saturated heterocycles. The summed E-state index contributed by atoms with van der Waals surface area (Å²) in [6.45, 7) is 15.6. The second kappa shape index (κ2) is 16.7. The topological polar surface area (TPSA) is 44.9 Å². The first kappa shape index (κ1) is 38.2. The van der Waals surface area contributed by atoms with Crippen LogP contribution in [0.4, 0.5) is 0 Å². The Kier molecular flexibility index (Phi) is 12.0. The van der Waals surface area contributed by atoms with E-state index in [2.05, 4.69) is 143 Å². The van der Waals surface area contributed by atoms with Crippen molar-refractivity contribution in [3.8, 4) is 34.1 Å². The van der Waals surface area contributed by atoms with Crippen molar-refractivity contribution in [1.82, 2.24) is 19.3 Å². The summed E-state index contributed by atoms with van der Waals surface area (Å²) in [6, 6.07) is 35.4. The predicted molar refractivity (Wildman–Crippen MR) is 216 cm³/mol. The fourth-order valence-electron chi connectivity index (χ4n) is 7.59.